The second-order valence-corrected chi connectivity index (χ2v) is 5.86. The molecule has 0 aliphatic carbocycles. The molecule has 1 N–H and O–H groups in total. The zero-order valence-electron chi connectivity index (χ0n) is 12.5. The van der Waals surface area contributed by atoms with Crippen molar-refractivity contribution < 1.29 is 9.59 Å². The van der Waals surface area contributed by atoms with Gasteiger partial charge < -0.3 is 10.2 Å². The van der Waals surface area contributed by atoms with E-state index in [1.54, 1.807) is 11.8 Å². The highest BCUT2D eigenvalue weighted by Crippen LogP contribution is 2.18. The molecule has 1 heterocycles. The Morgan fingerprint density at radius 1 is 1.30 bits per heavy atom. The van der Waals surface area contributed by atoms with Gasteiger partial charge in [0.15, 0.2) is 0 Å². The number of carbonyl (C=O) groups is 2. The standard InChI is InChI=1S/C16H22N2O2/c1-10(2)14-16(20)18(12(4)15(19)17-14)9-13-7-5-6-11(3)8-13/h5-8,10,12,14H,9H2,1-4H3,(H,17,19). The van der Waals surface area contributed by atoms with Crippen LogP contribution in [-0.2, 0) is 16.1 Å². The van der Waals surface area contributed by atoms with Crippen LogP contribution >= 0.6 is 0 Å². The largest absolute Gasteiger partial charge is 0.342 e. The predicted molar refractivity (Wildman–Crippen MR) is 78.0 cm³/mol. The molecule has 2 rings (SSSR count). The molecule has 1 fully saturated rings. The molecule has 1 saturated heterocycles. The molecule has 1 aromatic rings. The summed E-state index contributed by atoms with van der Waals surface area (Å²) in [7, 11) is 0. The van der Waals surface area contributed by atoms with Crippen LogP contribution in [0, 0.1) is 12.8 Å². The van der Waals surface area contributed by atoms with E-state index in [2.05, 4.69) is 11.4 Å². The maximum absolute atomic E-state index is 12.5. The lowest BCUT2D eigenvalue weighted by Crippen LogP contribution is -2.63. The van der Waals surface area contributed by atoms with Crippen LogP contribution in [0.3, 0.4) is 0 Å². The SMILES string of the molecule is Cc1cccc(CN2C(=O)C(C(C)C)NC(=O)C2C)c1. The Balaban J connectivity index is 2.23. The van der Waals surface area contributed by atoms with Gasteiger partial charge in [0.1, 0.15) is 12.1 Å². The normalized spacial score (nSPS) is 23.1. The second kappa shape index (κ2) is 5.65. The van der Waals surface area contributed by atoms with Crippen LogP contribution in [-0.4, -0.2) is 28.8 Å². The van der Waals surface area contributed by atoms with Gasteiger partial charge in [-0.2, -0.15) is 0 Å². The molecule has 20 heavy (non-hydrogen) atoms. The van der Waals surface area contributed by atoms with Crippen LogP contribution in [0.4, 0.5) is 0 Å². The molecule has 1 aliphatic heterocycles. The zero-order chi connectivity index (χ0) is 14.9. The summed E-state index contributed by atoms with van der Waals surface area (Å²) >= 11 is 0. The van der Waals surface area contributed by atoms with Crippen molar-refractivity contribution in [2.24, 2.45) is 5.92 Å². The van der Waals surface area contributed by atoms with Gasteiger partial charge in [0, 0.05) is 6.54 Å². The van der Waals surface area contributed by atoms with Gasteiger partial charge in [-0.05, 0) is 25.3 Å². The van der Waals surface area contributed by atoms with Crippen LogP contribution in [0.5, 0.6) is 0 Å². The van der Waals surface area contributed by atoms with E-state index in [0.717, 1.165) is 11.1 Å². The zero-order valence-corrected chi connectivity index (χ0v) is 12.5. The maximum atomic E-state index is 12.5. The first-order valence-electron chi connectivity index (χ1n) is 7.06. The van der Waals surface area contributed by atoms with Crippen LogP contribution in [0.15, 0.2) is 24.3 Å². The monoisotopic (exact) mass is 274 g/mol. The number of benzene rings is 1. The summed E-state index contributed by atoms with van der Waals surface area (Å²) in [6.07, 6.45) is 0. The molecule has 2 unspecified atom stereocenters. The van der Waals surface area contributed by atoms with Gasteiger partial charge in [0.2, 0.25) is 11.8 Å². The van der Waals surface area contributed by atoms with E-state index in [4.69, 9.17) is 0 Å². The summed E-state index contributed by atoms with van der Waals surface area (Å²) in [4.78, 5) is 26.2. The van der Waals surface area contributed by atoms with Gasteiger partial charge in [-0.1, -0.05) is 43.7 Å². The maximum Gasteiger partial charge on any atom is 0.246 e. The molecule has 2 atom stereocenters. The number of carbonyl (C=O) groups excluding carboxylic acids is 2. The molecule has 4 nitrogen and oxygen atoms in total. The first-order chi connectivity index (χ1) is 9.40. The quantitative estimate of drug-likeness (QED) is 0.914. The number of amides is 2. The van der Waals surface area contributed by atoms with Crippen molar-refractivity contribution in [2.45, 2.75) is 46.3 Å². The molecular weight excluding hydrogens is 252 g/mol. The minimum absolute atomic E-state index is 0.00797. The topological polar surface area (TPSA) is 49.4 Å². The van der Waals surface area contributed by atoms with Gasteiger partial charge >= 0.3 is 0 Å². The van der Waals surface area contributed by atoms with Crippen molar-refractivity contribution in [3.05, 3.63) is 35.4 Å². The van der Waals surface area contributed by atoms with Crippen molar-refractivity contribution in [2.75, 3.05) is 0 Å². The lowest BCUT2D eigenvalue weighted by Gasteiger charge is -2.38. The van der Waals surface area contributed by atoms with Crippen molar-refractivity contribution in [3.63, 3.8) is 0 Å². The van der Waals surface area contributed by atoms with Crippen molar-refractivity contribution in [1.82, 2.24) is 10.2 Å². The van der Waals surface area contributed by atoms with Gasteiger partial charge in [0.25, 0.3) is 0 Å². The summed E-state index contributed by atoms with van der Waals surface area (Å²) in [6.45, 7) is 8.18. The molecule has 0 aromatic heterocycles. The third-order valence-electron chi connectivity index (χ3n) is 3.80. The molecule has 108 valence electrons. The van der Waals surface area contributed by atoms with Gasteiger partial charge in [0.05, 0.1) is 0 Å². The molecule has 2 amide bonds. The lowest BCUT2D eigenvalue weighted by atomic mass is 9.97. The summed E-state index contributed by atoms with van der Waals surface area (Å²) in [5.74, 6) is 0.0310. The Hall–Kier alpha value is -1.84. The minimum atomic E-state index is -0.419. The van der Waals surface area contributed by atoms with Crippen LogP contribution < -0.4 is 5.32 Å². The fourth-order valence-electron chi connectivity index (χ4n) is 2.52. The number of nitrogens with zero attached hydrogens (tertiary/aromatic N) is 1. The highest BCUT2D eigenvalue weighted by Gasteiger charge is 2.39. The van der Waals surface area contributed by atoms with Crippen LogP contribution in [0.2, 0.25) is 0 Å². The average molecular weight is 274 g/mol. The van der Waals surface area contributed by atoms with Crippen LogP contribution in [0.25, 0.3) is 0 Å². The van der Waals surface area contributed by atoms with E-state index in [9.17, 15) is 9.59 Å². The van der Waals surface area contributed by atoms with Crippen LogP contribution in [0.1, 0.15) is 31.9 Å². The lowest BCUT2D eigenvalue weighted by molar-refractivity contribution is -0.150. The first kappa shape index (κ1) is 14.6. The molecule has 1 aromatic carbocycles. The number of piperazine rings is 1. The van der Waals surface area contributed by atoms with E-state index < -0.39 is 12.1 Å². The van der Waals surface area contributed by atoms with E-state index >= 15 is 0 Å². The Kier molecular flexibility index (Phi) is 4.12. The van der Waals surface area contributed by atoms with E-state index in [-0.39, 0.29) is 17.7 Å². The molecule has 0 radical (unpaired) electrons. The fourth-order valence-corrected chi connectivity index (χ4v) is 2.52. The smallest absolute Gasteiger partial charge is 0.246 e. The number of nitrogens with one attached hydrogen (secondary N) is 1. The number of hydrogen-bond donors (Lipinski definition) is 1. The molecule has 0 spiro atoms. The predicted octanol–water partition coefficient (Wildman–Crippen LogP) is 1.87. The molecule has 0 bridgehead atoms. The Morgan fingerprint density at radius 2 is 2.00 bits per heavy atom. The average Bonchev–Trinajstić information content (AvgIpc) is 2.38. The third-order valence-corrected chi connectivity index (χ3v) is 3.80. The Labute approximate surface area is 120 Å². The Morgan fingerprint density at radius 3 is 2.60 bits per heavy atom. The van der Waals surface area contributed by atoms with Gasteiger partial charge in [-0.3, -0.25) is 9.59 Å². The highest BCUT2D eigenvalue weighted by molar-refractivity contribution is 5.96. The second-order valence-electron chi connectivity index (χ2n) is 5.86. The van der Waals surface area contributed by atoms with Crippen molar-refractivity contribution in [3.8, 4) is 0 Å². The summed E-state index contributed by atoms with van der Waals surface area (Å²) in [5, 5.41) is 2.81. The fraction of sp³-hybridized carbons (Fsp3) is 0.500. The molecule has 1 aliphatic rings. The van der Waals surface area contributed by atoms with Crippen molar-refractivity contribution in [1.29, 1.82) is 0 Å². The molecule has 0 saturated carbocycles. The van der Waals surface area contributed by atoms with E-state index in [1.807, 2.05) is 39.0 Å². The number of rotatable bonds is 3. The summed E-state index contributed by atoms with van der Waals surface area (Å²) in [5.41, 5.74) is 2.21. The number of hydrogen-bond acceptors (Lipinski definition) is 2. The highest BCUT2D eigenvalue weighted by atomic mass is 16.2. The first-order valence-corrected chi connectivity index (χ1v) is 7.06. The summed E-state index contributed by atoms with van der Waals surface area (Å²) < 4.78 is 0. The van der Waals surface area contributed by atoms with Crippen molar-refractivity contribution >= 4 is 11.8 Å². The third kappa shape index (κ3) is 2.84. The Bertz CT molecular complexity index is 525. The van der Waals surface area contributed by atoms with E-state index in [1.165, 1.54) is 0 Å². The summed E-state index contributed by atoms with van der Waals surface area (Å²) in [6, 6.07) is 7.21. The number of aryl methyl sites for hydroxylation is 1. The molecule has 4 heteroatoms. The van der Waals surface area contributed by atoms with E-state index in [0.29, 0.717) is 6.54 Å². The van der Waals surface area contributed by atoms with Gasteiger partial charge in [-0.25, -0.2) is 0 Å². The van der Waals surface area contributed by atoms with Gasteiger partial charge in [-0.15, -0.1) is 0 Å². The minimum Gasteiger partial charge on any atom is -0.342 e. The molecular formula is C16H22N2O2.